The quantitative estimate of drug-likeness (QED) is 0.659. The van der Waals surface area contributed by atoms with E-state index in [2.05, 4.69) is 10.6 Å². The van der Waals surface area contributed by atoms with Crippen molar-refractivity contribution < 1.29 is 14.4 Å². The van der Waals surface area contributed by atoms with Crippen LogP contribution in [0.4, 0.5) is 4.79 Å². The van der Waals surface area contributed by atoms with Crippen LogP contribution in [0.5, 0.6) is 0 Å². The lowest BCUT2D eigenvalue weighted by Gasteiger charge is -2.37. The lowest BCUT2D eigenvalue weighted by molar-refractivity contribution is -0.146. The first-order valence-electron chi connectivity index (χ1n) is 6.16. The Bertz CT molecular complexity index is 401. The van der Waals surface area contributed by atoms with Gasteiger partial charge in [-0.1, -0.05) is 11.8 Å². The van der Waals surface area contributed by atoms with Crippen LogP contribution in [0, 0.1) is 0 Å². The SMILES string of the molecule is CN(C)C(=O)C1CNCCN1C(=O)C1CSC(=O)N1. The maximum atomic E-state index is 12.4. The standard InChI is InChI=1S/C11H18N4O3S/c1-14(2)10(17)8-5-12-3-4-15(8)9(16)7-6-19-11(18)13-7/h7-8,12H,3-6H2,1-2H3,(H,13,18). The number of hydrogen-bond donors (Lipinski definition) is 2. The highest BCUT2D eigenvalue weighted by Crippen LogP contribution is 2.17. The fourth-order valence-electron chi connectivity index (χ4n) is 2.20. The summed E-state index contributed by atoms with van der Waals surface area (Å²) in [6.45, 7) is 1.60. The molecule has 2 heterocycles. The number of thioether (sulfide) groups is 1. The molecule has 7 nitrogen and oxygen atoms in total. The van der Waals surface area contributed by atoms with Crippen LogP contribution in [-0.2, 0) is 9.59 Å². The number of carbonyl (C=O) groups is 3. The summed E-state index contributed by atoms with van der Waals surface area (Å²) >= 11 is 1.11. The Morgan fingerprint density at radius 1 is 1.42 bits per heavy atom. The summed E-state index contributed by atoms with van der Waals surface area (Å²) < 4.78 is 0. The van der Waals surface area contributed by atoms with E-state index in [9.17, 15) is 14.4 Å². The minimum Gasteiger partial charge on any atom is -0.347 e. The van der Waals surface area contributed by atoms with Gasteiger partial charge in [0, 0.05) is 39.5 Å². The maximum Gasteiger partial charge on any atom is 0.279 e. The minimum atomic E-state index is -0.506. The Morgan fingerprint density at radius 2 is 2.16 bits per heavy atom. The highest BCUT2D eigenvalue weighted by Gasteiger charge is 2.38. The molecule has 19 heavy (non-hydrogen) atoms. The third kappa shape index (κ3) is 3.01. The van der Waals surface area contributed by atoms with Crippen LogP contribution in [0.2, 0.25) is 0 Å². The summed E-state index contributed by atoms with van der Waals surface area (Å²) in [5, 5.41) is 5.57. The Balaban J connectivity index is 2.08. The number of nitrogens with one attached hydrogen (secondary N) is 2. The topological polar surface area (TPSA) is 81.8 Å². The van der Waals surface area contributed by atoms with Gasteiger partial charge in [-0.25, -0.2) is 0 Å². The average molecular weight is 286 g/mol. The molecule has 0 aromatic carbocycles. The second-order valence-electron chi connectivity index (χ2n) is 4.78. The number of carbonyl (C=O) groups excluding carboxylic acids is 3. The van der Waals surface area contributed by atoms with E-state index < -0.39 is 12.1 Å². The number of piperazine rings is 1. The van der Waals surface area contributed by atoms with Crippen LogP contribution in [0.25, 0.3) is 0 Å². The molecule has 0 spiro atoms. The molecule has 106 valence electrons. The molecule has 0 radical (unpaired) electrons. The molecule has 0 bridgehead atoms. The monoisotopic (exact) mass is 286 g/mol. The maximum absolute atomic E-state index is 12.4. The Kier molecular flexibility index (Phi) is 4.31. The van der Waals surface area contributed by atoms with E-state index in [-0.39, 0.29) is 17.1 Å². The fraction of sp³-hybridized carbons (Fsp3) is 0.727. The van der Waals surface area contributed by atoms with E-state index in [0.717, 1.165) is 11.8 Å². The molecule has 0 aromatic heterocycles. The van der Waals surface area contributed by atoms with E-state index in [1.165, 1.54) is 4.90 Å². The zero-order valence-electron chi connectivity index (χ0n) is 11.0. The van der Waals surface area contributed by atoms with Crippen molar-refractivity contribution in [3.05, 3.63) is 0 Å². The molecule has 2 atom stereocenters. The van der Waals surface area contributed by atoms with Gasteiger partial charge in [-0.2, -0.15) is 0 Å². The molecular weight excluding hydrogens is 268 g/mol. The van der Waals surface area contributed by atoms with Gasteiger partial charge in [-0.15, -0.1) is 0 Å². The number of hydrogen-bond acceptors (Lipinski definition) is 5. The lowest BCUT2D eigenvalue weighted by Crippen LogP contribution is -2.62. The number of rotatable bonds is 2. The van der Waals surface area contributed by atoms with Crippen LogP contribution < -0.4 is 10.6 Å². The van der Waals surface area contributed by atoms with Gasteiger partial charge in [0.25, 0.3) is 5.24 Å². The summed E-state index contributed by atoms with van der Waals surface area (Å²) in [5.74, 6) is 0.169. The van der Waals surface area contributed by atoms with Gasteiger partial charge < -0.3 is 20.4 Å². The highest BCUT2D eigenvalue weighted by molar-refractivity contribution is 8.14. The molecule has 2 saturated heterocycles. The van der Waals surface area contributed by atoms with Crippen LogP contribution in [0.1, 0.15) is 0 Å². The number of nitrogens with zero attached hydrogens (tertiary/aromatic N) is 2. The van der Waals surface area contributed by atoms with Gasteiger partial charge in [0.05, 0.1) is 0 Å². The predicted octanol–water partition coefficient (Wildman–Crippen LogP) is -1.30. The predicted molar refractivity (Wildman–Crippen MR) is 71.8 cm³/mol. The zero-order chi connectivity index (χ0) is 14.0. The second-order valence-corrected chi connectivity index (χ2v) is 5.77. The summed E-state index contributed by atoms with van der Waals surface area (Å²) in [7, 11) is 3.35. The number of likely N-dealkylation sites (N-methyl/N-ethyl adjacent to an activating group) is 1. The van der Waals surface area contributed by atoms with Crippen molar-refractivity contribution in [2.24, 2.45) is 0 Å². The van der Waals surface area contributed by atoms with Gasteiger partial charge >= 0.3 is 0 Å². The van der Waals surface area contributed by atoms with Crippen molar-refractivity contribution in [1.82, 2.24) is 20.4 Å². The first-order chi connectivity index (χ1) is 9.00. The normalized spacial score (nSPS) is 27.1. The Morgan fingerprint density at radius 3 is 2.74 bits per heavy atom. The molecule has 2 aliphatic heterocycles. The van der Waals surface area contributed by atoms with Gasteiger partial charge in [-0.3, -0.25) is 14.4 Å². The van der Waals surface area contributed by atoms with E-state index >= 15 is 0 Å². The molecule has 2 fully saturated rings. The lowest BCUT2D eigenvalue weighted by atomic mass is 10.1. The van der Waals surface area contributed by atoms with Crippen molar-refractivity contribution >= 4 is 28.8 Å². The average Bonchev–Trinajstić information content (AvgIpc) is 2.83. The van der Waals surface area contributed by atoms with Crippen LogP contribution in [0.3, 0.4) is 0 Å². The van der Waals surface area contributed by atoms with Crippen molar-refractivity contribution in [1.29, 1.82) is 0 Å². The fourth-order valence-corrected chi connectivity index (χ4v) is 2.97. The van der Waals surface area contributed by atoms with Gasteiger partial charge in [0.2, 0.25) is 11.8 Å². The van der Waals surface area contributed by atoms with E-state index in [4.69, 9.17) is 0 Å². The first-order valence-corrected chi connectivity index (χ1v) is 7.15. The molecule has 0 aromatic rings. The van der Waals surface area contributed by atoms with Crippen LogP contribution in [0.15, 0.2) is 0 Å². The van der Waals surface area contributed by atoms with Gasteiger partial charge in [0.15, 0.2) is 0 Å². The molecule has 2 unspecified atom stereocenters. The molecule has 2 N–H and O–H groups in total. The summed E-state index contributed by atoms with van der Waals surface area (Å²) in [6, 6.07) is -0.994. The van der Waals surface area contributed by atoms with Crippen molar-refractivity contribution in [2.45, 2.75) is 12.1 Å². The summed E-state index contributed by atoms with van der Waals surface area (Å²) in [4.78, 5) is 38.7. The summed E-state index contributed by atoms with van der Waals surface area (Å²) in [5.41, 5.74) is 0. The molecule has 2 rings (SSSR count). The molecule has 2 aliphatic rings. The van der Waals surface area contributed by atoms with Crippen molar-refractivity contribution in [3.8, 4) is 0 Å². The third-order valence-corrected chi connectivity index (χ3v) is 4.10. The molecule has 8 heteroatoms. The molecule has 0 saturated carbocycles. The molecular formula is C11H18N4O3S. The van der Waals surface area contributed by atoms with Gasteiger partial charge in [0.1, 0.15) is 12.1 Å². The summed E-state index contributed by atoms with van der Waals surface area (Å²) in [6.07, 6.45) is 0. The first kappa shape index (κ1) is 14.1. The molecule has 3 amide bonds. The van der Waals surface area contributed by atoms with Crippen molar-refractivity contribution in [3.63, 3.8) is 0 Å². The van der Waals surface area contributed by atoms with E-state index in [1.54, 1.807) is 19.0 Å². The second kappa shape index (κ2) is 5.79. The Hall–Kier alpha value is -1.28. The third-order valence-electron chi connectivity index (χ3n) is 3.22. The Labute approximate surface area is 116 Å². The van der Waals surface area contributed by atoms with Gasteiger partial charge in [-0.05, 0) is 0 Å². The minimum absolute atomic E-state index is 0.0995. The van der Waals surface area contributed by atoms with Crippen molar-refractivity contribution in [2.75, 3.05) is 39.5 Å². The smallest absolute Gasteiger partial charge is 0.279 e. The van der Waals surface area contributed by atoms with E-state index in [0.29, 0.717) is 25.4 Å². The zero-order valence-corrected chi connectivity index (χ0v) is 11.8. The largest absolute Gasteiger partial charge is 0.347 e. The van der Waals surface area contributed by atoms with Crippen LogP contribution >= 0.6 is 11.8 Å². The van der Waals surface area contributed by atoms with Crippen LogP contribution in [-0.4, -0.2) is 78.4 Å². The van der Waals surface area contributed by atoms with E-state index in [1.807, 2.05) is 0 Å². The highest BCUT2D eigenvalue weighted by atomic mass is 32.2. The number of amides is 3. The molecule has 0 aliphatic carbocycles.